The summed E-state index contributed by atoms with van der Waals surface area (Å²) in [6, 6.07) is 0. The summed E-state index contributed by atoms with van der Waals surface area (Å²) in [4.78, 5) is 0. The van der Waals surface area contributed by atoms with E-state index in [1.54, 1.807) is 0 Å². The molecule has 0 heterocycles. The van der Waals surface area contributed by atoms with E-state index >= 15 is 0 Å². The average molecular weight is 182 g/mol. The van der Waals surface area contributed by atoms with Gasteiger partial charge in [0, 0.05) is 0 Å². The van der Waals surface area contributed by atoms with E-state index in [0.717, 1.165) is 23.7 Å². The van der Waals surface area contributed by atoms with Crippen molar-refractivity contribution in [1.82, 2.24) is 0 Å². The van der Waals surface area contributed by atoms with Crippen LogP contribution in [0.4, 0.5) is 0 Å². The van der Waals surface area contributed by atoms with E-state index in [9.17, 15) is 0 Å². The highest BCUT2D eigenvalue weighted by atomic mass is 14.6. The summed E-state index contributed by atoms with van der Waals surface area (Å²) < 4.78 is 0. The number of hydrogen-bond donors (Lipinski definition) is 0. The maximum Gasteiger partial charge on any atom is -0.0292 e. The van der Waals surface area contributed by atoms with Crippen LogP contribution in [0.25, 0.3) is 0 Å². The fourth-order valence-electron chi connectivity index (χ4n) is 3.06. The van der Waals surface area contributed by atoms with Gasteiger partial charge in [0.1, 0.15) is 0 Å². The van der Waals surface area contributed by atoms with E-state index in [4.69, 9.17) is 0 Å². The van der Waals surface area contributed by atoms with Crippen LogP contribution in [0.15, 0.2) is 0 Å². The first-order valence-corrected chi connectivity index (χ1v) is 6.03. The molecular formula is C13H26. The molecule has 0 aromatic rings. The Hall–Kier alpha value is 0. The van der Waals surface area contributed by atoms with Crippen molar-refractivity contribution in [3.8, 4) is 0 Å². The van der Waals surface area contributed by atoms with E-state index < -0.39 is 0 Å². The topological polar surface area (TPSA) is 0 Å². The lowest BCUT2D eigenvalue weighted by Crippen LogP contribution is -2.14. The second-order valence-corrected chi connectivity index (χ2v) is 5.46. The van der Waals surface area contributed by atoms with Crippen LogP contribution in [-0.2, 0) is 0 Å². The van der Waals surface area contributed by atoms with E-state index in [0.29, 0.717) is 5.41 Å². The van der Waals surface area contributed by atoms with Crippen molar-refractivity contribution < 1.29 is 0 Å². The first-order chi connectivity index (χ1) is 6.03. The van der Waals surface area contributed by atoms with Crippen LogP contribution in [0.3, 0.4) is 0 Å². The molecule has 2 unspecified atom stereocenters. The minimum atomic E-state index is 0.707. The van der Waals surface area contributed by atoms with Crippen LogP contribution in [0.1, 0.15) is 54.4 Å². The summed E-state index contributed by atoms with van der Waals surface area (Å²) >= 11 is 0. The van der Waals surface area contributed by atoms with Gasteiger partial charge in [-0.15, -0.1) is 0 Å². The Balaban J connectivity index is 0.000000396. The Bertz CT molecular complexity index is 151. The zero-order chi connectivity index (χ0) is 10.2. The van der Waals surface area contributed by atoms with E-state index in [-0.39, 0.29) is 0 Å². The van der Waals surface area contributed by atoms with Crippen molar-refractivity contribution in [3.05, 3.63) is 0 Å². The van der Waals surface area contributed by atoms with Gasteiger partial charge in [-0.3, -0.25) is 0 Å². The van der Waals surface area contributed by atoms with Gasteiger partial charge in [0.2, 0.25) is 0 Å². The summed E-state index contributed by atoms with van der Waals surface area (Å²) in [7, 11) is 0. The molecule has 0 N–H and O–H groups in total. The van der Waals surface area contributed by atoms with Crippen LogP contribution < -0.4 is 0 Å². The second-order valence-electron chi connectivity index (χ2n) is 5.46. The molecule has 0 aromatic carbocycles. The lowest BCUT2D eigenvalue weighted by Gasteiger charge is -2.24. The molecule has 0 spiro atoms. The summed E-state index contributed by atoms with van der Waals surface area (Å²) in [5.41, 5.74) is 0.707. The number of hydrogen-bond acceptors (Lipinski definition) is 0. The van der Waals surface area contributed by atoms with Gasteiger partial charge in [-0.05, 0) is 41.9 Å². The Morgan fingerprint density at radius 1 is 0.846 bits per heavy atom. The van der Waals surface area contributed by atoms with Crippen LogP contribution in [0.2, 0.25) is 0 Å². The maximum absolute atomic E-state index is 2.45. The maximum atomic E-state index is 2.45. The van der Waals surface area contributed by atoms with E-state index in [1.165, 1.54) is 12.8 Å². The number of rotatable bonds is 0. The third-order valence-electron chi connectivity index (χ3n) is 4.51. The highest BCUT2D eigenvalue weighted by Crippen LogP contribution is 2.66. The molecule has 13 heavy (non-hydrogen) atoms. The standard InChI is InChI=1S/C11H20.C2H6/c1-7-5-9-10(6-8(7)2)11(9,3)4;1-2/h7-10H,5-6H2,1-4H3;1-2H3/t7-,8?,9?,10+;/m1./s1. The molecule has 2 aliphatic carbocycles. The predicted octanol–water partition coefficient (Wildman–Crippen LogP) is 4.35. The SMILES string of the molecule is CC.CC1C[C@H]2C(C[C@H]1C)C2(C)C. The largest absolute Gasteiger partial charge is 0.0683 e. The normalized spacial score (nSPS) is 45.7. The highest BCUT2D eigenvalue weighted by molar-refractivity contribution is 5.08. The molecule has 0 aliphatic heterocycles. The van der Waals surface area contributed by atoms with Crippen molar-refractivity contribution in [2.24, 2.45) is 29.1 Å². The van der Waals surface area contributed by atoms with Crippen LogP contribution >= 0.6 is 0 Å². The highest BCUT2D eigenvalue weighted by Gasteiger charge is 2.59. The van der Waals surface area contributed by atoms with Crippen molar-refractivity contribution in [3.63, 3.8) is 0 Å². The minimum absolute atomic E-state index is 0.707. The van der Waals surface area contributed by atoms with Gasteiger partial charge >= 0.3 is 0 Å². The fourth-order valence-corrected chi connectivity index (χ4v) is 3.06. The molecule has 0 nitrogen and oxygen atoms in total. The zero-order valence-corrected chi connectivity index (χ0v) is 10.2. The summed E-state index contributed by atoms with van der Waals surface area (Å²) in [6.07, 6.45) is 3.00. The smallest absolute Gasteiger partial charge is 0.0292 e. The zero-order valence-electron chi connectivity index (χ0n) is 10.2. The van der Waals surface area contributed by atoms with Gasteiger partial charge in [-0.2, -0.15) is 0 Å². The molecule has 0 heteroatoms. The Morgan fingerprint density at radius 3 is 1.46 bits per heavy atom. The Labute approximate surface area is 84.1 Å². The van der Waals surface area contributed by atoms with Gasteiger partial charge in [0.15, 0.2) is 0 Å². The molecule has 2 rings (SSSR count). The second kappa shape index (κ2) is 3.63. The lowest BCUT2D eigenvalue weighted by atomic mass is 9.82. The summed E-state index contributed by atoms with van der Waals surface area (Å²) in [5, 5.41) is 0. The van der Waals surface area contributed by atoms with Gasteiger partial charge in [-0.1, -0.05) is 41.5 Å². The third-order valence-corrected chi connectivity index (χ3v) is 4.51. The molecular weight excluding hydrogens is 156 g/mol. The van der Waals surface area contributed by atoms with Gasteiger partial charge in [0.25, 0.3) is 0 Å². The van der Waals surface area contributed by atoms with Gasteiger partial charge < -0.3 is 0 Å². The first-order valence-electron chi connectivity index (χ1n) is 6.03. The molecule has 2 fully saturated rings. The van der Waals surface area contributed by atoms with E-state index in [1.807, 2.05) is 13.8 Å². The van der Waals surface area contributed by atoms with Gasteiger partial charge in [-0.25, -0.2) is 0 Å². The number of fused-ring (bicyclic) bond motifs is 1. The van der Waals surface area contributed by atoms with Crippen LogP contribution in [0.5, 0.6) is 0 Å². The van der Waals surface area contributed by atoms with Crippen molar-refractivity contribution >= 4 is 0 Å². The molecule has 0 radical (unpaired) electrons. The Morgan fingerprint density at radius 2 is 1.15 bits per heavy atom. The van der Waals surface area contributed by atoms with Crippen LogP contribution in [-0.4, -0.2) is 0 Å². The average Bonchev–Trinajstić information content (AvgIpc) is 2.60. The molecule has 0 saturated heterocycles. The predicted molar refractivity (Wildman–Crippen MR) is 59.7 cm³/mol. The van der Waals surface area contributed by atoms with Crippen LogP contribution in [0, 0.1) is 29.1 Å². The Kier molecular flexibility index (Phi) is 3.09. The quantitative estimate of drug-likeness (QED) is 0.522. The van der Waals surface area contributed by atoms with Gasteiger partial charge in [0.05, 0.1) is 0 Å². The monoisotopic (exact) mass is 182 g/mol. The van der Waals surface area contributed by atoms with Crippen molar-refractivity contribution in [1.29, 1.82) is 0 Å². The molecule has 4 atom stereocenters. The molecule has 2 saturated carbocycles. The molecule has 0 bridgehead atoms. The van der Waals surface area contributed by atoms with Crippen molar-refractivity contribution in [2.45, 2.75) is 54.4 Å². The van der Waals surface area contributed by atoms with Crippen molar-refractivity contribution in [2.75, 3.05) is 0 Å². The summed E-state index contributed by atoms with van der Waals surface area (Å²) in [5.74, 6) is 4.12. The molecule has 2 aliphatic rings. The molecule has 78 valence electrons. The summed E-state index contributed by atoms with van der Waals surface area (Å²) in [6.45, 7) is 13.8. The molecule has 0 aromatic heterocycles. The first kappa shape index (κ1) is 11.1. The third kappa shape index (κ3) is 1.78. The van der Waals surface area contributed by atoms with E-state index in [2.05, 4.69) is 27.7 Å². The minimum Gasteiger partial charge on any atom is -0.0683 e. The lowest BCUT2D eigenvalue weighted by molar-refractivity contribution is 0.265. The molecule has 0 amide bonds. The fraction of sp³-hybridized carbons (Fsp3) is 1.00.